The molecule has 31 heavy (non-hydrogen) atoms. The Morgan fingerprint density at radius 2 is 1.90 bits per heavy atom. The van der Waals surface area contributed by atoms with Gasteiger partial charge in [-0.3, -0.25) is 4.79 Å². The predicted molar refractivity (Wildman–Crippen MR) is 107 cm³/mol. The van der Waals surface area contributed by atoms with Crippen LogP contribution in [-0.4, -0.2) is 47.1 Å². The number of carbonyl (C=O) groups excluding carboxylic acids is 2. The van der Waals surface area contributed by atoms with Gasteiger partial charge >= 0.3 is 12.1 Å². The van der Waals surface area contributed by atoms with Gasteiger partial charge in [0.2, 0.25) is 0 Å². The maximum absolute atomic E-state index is 13.0. The molecule has 1 aromatic heterocycles. The van der Waals surface area contributed by atoms with Crippen molar-refractivity contribution in [2.45, 2.75) is 37.9 Å². The van der Waals surface area contributed by atoms with Gasteiger partial charge in [0.15, 0.2) is 6.61 Å². The largest absolute Gasteiger partial charge is 0.481 e. The molecule has 1 saturated heterocycles. The second-order valence-electron chi connectivity index (χ2n) is 7.44. The summed E-state index contributed by atoms with van der Waals surface area (Å²) < 4.78 is 50.9. The molecule has 1 fully saturated rings. The first kappa shape index (κ1) is 22.7. The van der Waals surface area contributed by atoms with Gasteiger partial charge in [0.05, 0.1) is 12.2 Å². The summed E-state index contributed by atoms with van der Waals surface area (Å²) >= 11 is 0. The molecule has 1 unspecified atom stereocenters. The van der Waals surface area contributed by atoms with Crippen LogP contribution in [0, 0.1) is 0 Å². The summed E-state index contributed by atoms with van der Waals surface area (Å²) in [4.78, 5) is 26.6. The molecule has 1 aromatic carbocycles. The first-order chi connectivity index (χ1) is 14.8. The molecule has 6 nitrogen and oxygen atoms in total. The van der Waals surface area contributed by atoms with Gasteiger partial charge in [-0.1, -0.05) is 12.1 Å². The highest BCUT2D eigenvalue weighted by Crippen LogP contribution is 2.35. The number of hydrogen-bond donors (Lipinski definition) is 0. The fourth-order valence-electron chi connectivity index (χ4n) is 3.71. The van der Waals surface area contributed by atoms with Crippen LogP contribution in [0.4, 0.5) is 13.2 Å². The topological polar surface area (TPSA) is 60.8 Å². The fourth-order valence-corrected chi connectivity index (χ4v) is 3.71. The van der Waals surface area contributed by atoms with Gasteiger partial charge in [-0.2, -0.15) is 13.2 Å². The fraction of sp³-hybridized carbons (Fsp3) is 0.455. The van der Waals surface area contributed by atoms with Crippen LogP contribution in [0.5, 0.6) is 5.75 Å². The van der Waals surface area contributed by atoms with E-state index in [1.165, 1.54) is 12.1 Å². The number of esters is 1. The normalized spacial score (nSPS) is 16.8. The average molecular weight is 438 g/mol. The Hall–Kier alpha value is -2.97. The quantitative estimate of drug-likeness (QED) is 0.612. The van der Waals surface area contributed by atoms with Crippen molar-refractivity contribution in [2.75, 3.05) is 19.8 Å². The Balaban J connectivity index is 1.49. The van der Waals surface area contributed by atoms with Crippen LogP contribution in [0.1, 0.15) is 41.7 Å². The molecule has 0 aliphatic carbocycles. The van der Waals surface area contributed by atoms with Crippen LogP contribution in [0.15, 0.2) is 42.6 Å². The first-order valence-corrected chi connectivity index (χ1v) is 10.1. The summed E-state index contributed by atoms with van der Waals surface area (Å²) in [5.74, 6) is -1.23. The van der Waals surface area contributed by atoms with Crippen LogP contribution >= 0.6 is 0 Å². The van der Waals surface area contributed by atoms with Gasteiger partial charge in [0.1, 0.15) is 11.4 Å². The lowest BCUT2D eigenvalue weighted by Gasteiger charge is -2.35. The summed E-state index contributed by atoms with van der Waals surface area (Å²) in [6.45, 7) is 0.0778. The SMILES string of the molecule is Cn1cccc1C(=O)N1CCCCC1CCOC(=O)COc1ccccc1C(F)(F)F. The van der Waals surface area contributed by atoms with Gasteiger partial charge in [-0.05, 0) is 43.5 Å². The van der Waals surface area contributed by atoms with Crippen molar-refractivity contribution in [1.82, 2.24) is 9.47 Å². The highest BCUT2D eigenvalue weighted by Gasteiger charge is 2.34. The number of hydrogen-bond acceptors (Lipinski definition) is 4. The highest BCUT2D eigenvalue weighted by atomic mass is 19.4. The van der Waals surface area contributed by atoms with Crippen LogP contribution in [-0.2, 0) is 22.8 Å². The lowest BCUT2D eigenvalue weighted by atomic mass is 9.99. The third-order valence-electron chi connectivity index (χ3n) is 5.30. The molecular weight excluding hydrogens is 413 g/mol. The molecule has 0 saturated carbocycles. The maximum Gasteiger partial charge on any atom is 0.419 e. The van der Waals surface area contributed by atoms with Crippen LogP contribution < -0.4 is 4.74 Å². The number of aromatic nitrogens is 1. The number of ether oxygens (including phenoxy) is 2. The molecule has 0 bridgehead atoms. The monoisotopic (exact) mass is 438 g/mol. The van der Waals surface area contributed by atoms with Crippen molar-refractivity contribution in [3.63, 3.8) is 0 Å². The maximum atomic E-state index is 13.0. The molecule has 0 radical (unpaired) electrons. The molecular formula is C22H25F3N2O4. The Morgan fingerprint density at radius 1 is 1.13 bits per heavy atom. The Kier molecular flexibility index (Phi) is 7.25. The molecule has 1 aliphatic rings. The molecule has 1 atom stereocenters. The van der Waals surface area contributed by atoms with E-state index >= 15 is 0 Å². The van der Waals surface area contributed by atoms with Crippen molar-refractivity contribution in [3.8, 4) is 5.75 Å². The molecule has 1 aliphatic heterocycles. The molecule has 1 amide bonds. The number of piperidine rings is 1. The van der Waals surface area contributed by atoms with Gasteiger partial charge in [-0.25, -0.2) is 4.79 Å². The van der Waals surface area contributed by atoms with E-state index in [0.717, 1.165) is 31.4 Å². The number of amides is 1. The Bertz CT molecular complexity index is 910. The van der Waals surface area contributed by atoms with Crippen LogP contribution in [0.3, 0.4) is 0 Å². The van der Waals surface area contributed by atoms with Gasteiger partial charge in [0.25, 0.3) is 5.91 Å². The molecule has 9 heteroatoms. The second-order valence-corrected chi connectivity index (χ2v) is 7.44. The molecule has 3 rings (SSSR count). The van der Waals surface area contributed by atoms with E-state index in [1.54, 1.807) is 10.6 Å². The number of nitrogens with zero attached hydrogens (tertiary/aromatic N) is 2. The van der Waals surface area contributed by atoms with Gasteiger partial charge in [0, 0.05) is 32.3 Å². The van der Waals surface area contributed by atoms with Crippen molar-refractivity contribution in [3.05, 3.63) is 53.9 Å². The van der Waals surface area contributed by atoms with Crippen LogP contribution in [0.2, 0.25) is 0 Å². The third-order valence-corrected chi connectivity index (χ3v) is 5.30. The van der Waals surface area contributed by atoms with Crippen molar-refractivity contribution in [1.29, 1.82) is 0 Å². The van der Waals surface area contributed by atoms with Crippen LogP contribution in [0.25, 0.3) is 0 Å². The van der Waals surface area contributed by atoms with Crippen molar-refractivity contribution in [2.24, 2.45) is 7.05 Å². The molecule has 2 aromatic rings. The minimum absolute atomic E-state index is 0.0594. The van der Waals surface area contributed by atoms with Gasteiger partial charge < -0.3 is 18.9 Å². The van der Waals surface area contributed by atoms with Crippen molar-refractivity contribution < 1.29 is 32.2 Å². The highest BCUT2D eigenvalue weighted by molar-refractivity contribution is 5.93. The first-order valence-electron chi connectivity index (χ1n) is 10.1. The van der Waals surface area contributed by atoms with E-state index in [4.69, 9.17) is 9.47 Å². The number of aryl methyl sites for hydroxylation is 1. The smallest absolute Gasteiger partial charge is 0.419 e. The minimum Gasteiger partial charge on any atom is -0.481 e. The number of halogens is 3. The molecule has 168 valence electrons. The Labute approximate surface area is 178 Å². The number of likely N-dealkylation sites (tertiary alicyclic amines) is 1. The summed E-state index contributed by atoms with van der Waals surface area (Å²) in [5.41, 5.74) is -0.347. The summed E-state index contributed by atoms with van der Waals surface area (Å²) in [6, 6.07) is 8.22. The predicted octanol–water partition coefficient (Wildman–Crippen LogP) is 4.05. The molecule has 0 N–H and O–H groups in total. The zero-order valence-corrected chi connectivity index (χ0v) is 17.2. The van der Waals surface area contributed by atoms with Crippen molar-refractivity contribution >= 4 is 11.9 Å². The number of benzene rings is 1. The van der Waals surface area contributed by atoms with E-state index in [9.17, 15) is 22.8 Å². The molecule has 0 spiro atoms. The summed E-state index contributed by atoms with van der Waals surface area (Å²) in [5, 5.41) is 0. The zero-order chi connectivity index (χ0) is 22.4. The second kappa shape index (κ2) is 9.89. The van der Waals surface area contributed by atoms with E-state index in [-0.39, 0.29) is 18.6 Å². The molecule has 2 heterocycles. The Morgan fingerprint density at radius 3 is 2.61 bits per heavy atom. The van der Waals surface area contributed by atoms with E-state index in [2.05, 4.69) is 0 Å². The lowest BCUT2D eigenvalue weighted by Crippen LogP contribution is -2.44. The summed E-state index contributed by atoms with van der Waals surface area (Å²) in [6.07, 6.45) is 0.400. The van der Waals surface area contributed by atoms with E-state index < -0.39 is 30.1 Å². The minimum atomic E-state index is -4.57. The standard InChI is InChI=1S/C22H25F3N2O4/c1-26-12-6-9-18(26)21(29)27-13-5-4-7-16(27)11-14-30-20(28)15-31-19-10-3-2-8-17(19)22(23,24)25/h2-3,6,8-10,12,16H,4-5,7,11,13-15H2,1H3. The zero-order valence-electron chi connectivity index (χ0n) is 17.2. The summed E-state index contributed by atoms with van der Waals surface area (Å²) in [7, 11) is 1.81. The van der Waals surface area contributed by atoms with E-state index in [1.807, 2.05) is 24.2 Å². The lowest BCUT2D eigenvalue weighted by molar-refractivity contribution is -0.148. The van der Waals surface area contributed by atoms with E-state index in [0.29, 0.717) is 18.7 Å². The number of carbonyl (C=O) groups is 2. The average Bonchev–Trinajstić information content (AvgIpc) is 3.17. The van der Waals surface area contributed by atoms with Gasteiger partial charge in [-0.15, -0.1) is 0 Å². The number of rotatable bonds is 7. The third kappa shape index (κ3) is 5.80. The number of para-hydroxylation sites is 1. The number of alkyl halides is 3.